The normalized spacial score (nSPS) is 20.0. The highest BCUT2D eigenvalue weighted by Gasteiger charge is 2.24. The highest BCUT2D eigenvalue weighted by Crippen LogP contribution is 2.01. The summed E-state index contributed by atoms with van der Waals surface area (Å²) in [7, 11) is 3.46. The molecule has 1 atom stereocenters. The molecule has 0 spiro atoms. The highest BCUT2D eigenvalue weighted by atomic mass is 35.5. The second kappa shape index (κ2) is 8.75. The molecule has 5 nitrogen and oxygen atoms in total. The molecule has 0 saturated carbocycles. The van der Waals surface area contributed by atoms with Gasteiger partial charge < -0.3 is 19.7 Å². The van der Waals surface area contributed by atoms with Gasteiger partial charge in [0.05, 0.1) is 6.61 Å². The van der Waals surface area contributed by atoms with Gasteiger partial charge >= 0.3 is 0 Å². The fourth-order valence-corrected chi connectivity index (χ4v) is 1.53. The maximum atomic E-state index is 11.8. The average Bonchev–Trinajstić information content (AvgIpc) is 2.29. The summed E-state index contributed by atoms with van der Waals surface area (Å²) in [5.41, 5.74) is 0. The lowest BCUT2D eigenvalue weighted by molar-refractivity contribution is -0.143. The van der Waals surface area contributed by atoms with Gasteiger partial charge in [-0.05, 0) is 6.42 Å². The minimum absolute atomic E-state index is 0. The minimum atomic E-state index is -0.314. The molecule has 0 bridgehead atoms. The van der Waals surface area contributed by atoms with Crippen molar-refractivity contribution in [1.29, 1.82) is 0 Å². The van der Waals surface area contributed by atoms with Crippen LogP contribution < -0.4 is 5.32 Å². The minimum Gasteiger partial charge on any atom is -0.385 e. The van der Waals surface area contributed by atoms with Crippen LogP contribution in [0.15, 0.2) is 0 Å². The third kappa shape index (κ3) is 5.12. The van der Waals surface area contributed by atoms with Crippen molar-refractivity contribution in [3.8, 4) is 0 Å². The Kier molecular flexibility index (Phi) is 8.56. The van der Waals surface area contributed by atoms with Gasteiger partial charge in [0.1, 0.15) is 6.10 Å². The van der Waals surface area contributed by atoms with Crippen molar-refractivity contribution in [2.24, 2.45) is 0 Å². The summed E-state index contributed by atoms with van der Waals surface area (Å²) >= 11 is 0. The van der Waals surface area contributed by atoms with E-state index in [0.717, 1.165) is 13.0 Å². The lowest BCUT2D eigenvalue weighted by Gasteiger charge is -2.27. The van der Waals surface area contributed by atoms with Crippen molar-refractivity contribution >= 4 is 18.3 Å². The second-order valence-electron chi connectivity index (χ2n) is 3.67. The van der Waals surface area contributed by atoms with Gasteiger partial charge in [-0.1, -0.05) is 0 Å². The van der Waals surface area contributed by atoms with Crippen molar-refractivity contribution in [2.45, 2.75) is 12.5 Å². The Bertz CT molecular complexity index is 199. The molecule has 96 valence electrons. The first-order valence-corrected chi connectivity index (χ1v) is 5.32. The van der Waals surface area contributed by atoms with Crippen LogP contribution in [0.25, 0.3) is 0 Å². The fourth-order valence-electron chi connectivity index (χ4n) is 1.53. The molecule has 1 unspecified atom stereocenters. The number of likely N-dealkylation sites (N-methyl/N-ethyl adjacent to an activating group) is 1. The number of morpholine rings is 1. The predicted molar refractivity (Wildman–Crippen MR) is 64.0 cm³/mol. The first-order valence-electron chi connectivity index (χ1n) is 5.32. The number of carbonyl (C=O) groups excluding carboxylic acids is 1. The lowest BCUT2D eigenvalue weighted by atomic mass is 10.2. The summed E-state index contributed by atoms with van der Waals surface area (Å²) in [4.78, 5) is 13.5. The van der Waals surface area contributed by atoms with Gasteiger partial charge in [0.25, 0.3) is 5.91 Å². The van der Waals surface area contributed by atoms with E-state index in [0.29, 0.717) is 26.3 Å². The second-order valence-corrected chi connectivity index (χ2v) is 3.67. The first-order chi connectivity index (χ1) is 7.25. The van der Waals surface area contributed by atoms with Crippen molar-refractivity contribution < 1.29 is 14.3 Å². The molecular weight excluding hydrogens is 232 g/mol. The number of amides is 1. The number of nitrogens with one attached hydrogen (secondary N) is 1. The van der Waals surface area contributed by atoms with Crippen molar-refractivity contribution in [1.82, 2.24) is 10.2 Å². The van der Waals surface area contributed by atoms with Crippen LogP contribution in [0.2, 0.25) is 0 Å². The Morgan fingerprint density at radius 3 is 2.94 bits per heavy atom. The van der Waals surface area contributed by atoms with Gasteiger partial charge in [0, 0.05) is 40.4 Å². The average molecular weight is 253 g/mol. The largest absolute Gasteiger partial charge is 0.385 e. The van der Waals surface area contributed by atoms with Crippen LogP contribution in [0, 0.1) is 0 Å². The Morgan fingerprint density at radius 2 is 2.38 bits per heavy atom. The van der Waals surface area contributed by atoms with Gasteiger partial charge in [-0.15, -0.1) is 12.4 Å². The van der Waals surface area contributed by atoms with E-state index in [1.807, 2.05) is 0 Å². The molecule has 1 aliphatic heterocycles. The van der Waals surface area contributed by atoms with Crippen LogP contribution in [0.3, 0.4) is 0 Å². The molecule has 1 amide bonds. The lowest BCUT2D eigenvalue weighted by Crippen LogP contribution is -2.48. The van der Waals surface area contributed by atoms with E-state index >= 15 is 0 Å². The van der Waals surface area contributed by atoms with Crippen LogP contribution in [0.5, 0.6) is 0 Å². The van der Waals surface area contributed by atoms with Gasteiger partial charge in [0.15, 0.2) is 0 Å². The van der Waals surface area contributed by atoms with Crippen molar-refractivity contribution in [2.75, 3.05) is 47.0 Å². The number of rotatable bonds is 5. The van der Waals surface area contributed by atoms with Gasteiger partial charge in [-0.2, -0.15) is 0 Å². The van der Waals surface area contributed by atoms with Crippen LogP contribution in [0.4, 0.5) is 0 Å². The summed E-state index contributed by atoms with van der Waals surface area (Å²) < 4.78 is 10.3. The highest BCUT2D eigenvalue weighted by molar-refractivity contribution is 5.85. The monoisotopic (exact) mass is 252 g/mol. The molecule has 0 aromatic carbocycles. The molecule has 0 aliphatic carbocycles. The van der Waals surface area contributed by atoms with Crippen LogP contribution >= 0.6 is 12.4 Å². The molecular formula is C10H21ClN2O3. The van der Waals surface area contributed by atoms with E-state index in [-0.39, 0.29) is 24.4 Å². The maximum Gasteiger partial charge on any atom is 0.252 e. The van der Waals surface area contributed by atoms with Crippen molar-refractivity contribution in [3.63, 3.8) is 0 Å². The Labute approximate surface area is 103 Å². The van der Waals surface area contributed by atoms with E-state index in [4.69, 9.17) is 9.47 Å². The van der Waals surface area contributed by atoms with E-state index < -0.39 is 0 Å². The molecule has 0 aromatic heterocycles. The number of nitrogens with zero attached hydrogens (tertiary/aromatic N) is 1. The molecule has 1 aliphatic rings. The number of hydrogen-bond donors (Lipinski definition) is 1. The predicted octanol–water partition coefficient (Wildman–Crippen LogP) is -0.108. The van der Waals surface area contributed by atoms with E-state index in [2.05, 4.69) is 5.32 Å². The topological polar surface area (TPSA) is 50.8 Å². The van der Waals surface area contributed by atoms with E-state index in [9.17, 15) is 4.79 Å². The zero-order chi connectivity index (χ0) is 11.1. The quantitative estimate of drug-likeness (QED) is 0.694. The zero-order valence-electron chi connectivity index (χ0n) is 9.90. The summed E-state index contributed by atoms with van der Waals surface area (Å²) in [5, 5.41) is 3.14. The standard InChI is InChI=1S/C10H20N2O3.ClH/c1-12(5-3-6-14-2)10(13)9-8-11-4-7-15-9;/h9,11H,3-8H2,1-2H3;1H. The van der Waals surface area contributed by atoms with Gasteiger partial charge in [-0.3, -0.25) is 4.79 Å². The summed E-state index contributed by atoms with van der Waals surface area (Å²) in [5.74, 6) is 0.0540. The summed E-state index contributed by atoms with van der Waals surface area (Å²) in [6, 6.07) is 0. The van der Waals surface area contributed by atoms with Gasteiger partial charge in [-0.25, -0.2) is 0 Å². The van der Waals surface area contributed by atoms with Crippen LogP contribution in [0.1, 0.15) is 6.42 Å². The molecule has 0 aromatic rings. The van der Waals surface area contributed by atoms with Gasteiger partial charge in [0.2, 0.25) is 0 Å². The zero-order valence-corrected chi connectivity index (χ0v) is 10.7. The summed E-state index contributed by atoms with van der Waals surface area (Å²) in [6.45, 7) is 3.46. The maximum absolute atomic E-state index is 11.8. The van der Waals surface area contributed by atoms with Crippen LogP contribution in [-0.4, -0.2) is 63.9 Å². The molecule has 1 saturated heterocycles. The van der Waals surface area contributed by atoms with Crippen molar-refractivity contribution in [3.05, 3.63) is 0 Å². The molecule has 6 heteroatoms. The number of hydrogen-bond acceptors (Lipinski definition) is 4. The Morgan fingerprint density at radius 1 is 1.62 bits per heavy atom. The Balaban J connectivity index is 0.00000225. The SMILES string of the molecule is COCCCN(C)C(=O)C1CNCCO1.Cl. The van der Waals surface area contributed by atoms with E-state index in [1.54, 1.807) is 19.1 Å². The fraction of sp³-hybridized carbons (Fsp3) is 0.900. The molecule has 1 heterocycles. The molecule has 1 rings (SSSR count). The molecule has 0 radical (unpaired) electrons. The number of halogens is 1. The smallest absolute Gasteiger partial charge is 0.252 e. The Hall–Kier alpha value is -0.360. The number of methoxy groups -OCH3 is 1. The molecule has 16 heavy (non-hydrogen) atoms. The number of carbonyl (C=O) groups is 1. The van der Waals surface area contributed by atoms with E-state index in [1.165, 1.54) is 0 Å². The molecule has 1 N–H and O–H groups in total. The third-order valence-electron chi connectivity index (χ3n) is 2.42. The first kappa shape index (κ1) is 15.6. The third-order valence-corrected chi connectivity index (χ3v) is 2.42. The van der Waals surface area contributed by atoms with Crippen LogP contribution in [-0.2, 0) is 14.3 Å². The summed E-state index contributed by atoms with van der Waals surface area (Å²) in [6.07, 6.45) is 0.546. The molecule has 1 fully saturated rings. The number of ether oxygens (including phenoxy) is 2.